The molecule has 0 aliphatic carbocycles. The van der Waals surface area contributed by atoms with Crippen molar-refractivity contribution in [2.75, 3.05) is 4.90 Å². The Morgan fingerprint density at radius 2 is 1.54 bits per heavy atom. The Hall–Kier alpha value is -5.47. The molecule has 0 bridgehead atoms. The molecule has 0 fully saturated rings. The second-order valence-electron chi connectivity index (χ2n) is 8.11. The first-order chi connectivity index (χ1) is 17.8. The largest absolute Gasteiger partial charge is 0.868 e. The summed E-state index contributed by atoms with van der Waals surface area (Å²) in [6.07, 6.45) is 4.25. The number of benzene rings is 2. The Morgan fingerprint density at radius 1 is 0.946 bits per heavy atom. The Bertz CT molecular complexity index is 1670. The number of nitriles is 1. The number of aromatic nitrogens is 1. The van der Waals surface area contributed by atoms with E-state index in [1.807, 2.05) is 6.07 Å². The Labute approximate surface area is 212 Å². The van der Waals surface area contributed by atoms with Gasteiger partial charge in [-0.1, -0.05) is 48.6 Å². The van der Waals surface area contributed by atoms with Crippen LogP contribution in [0.25, 0.3) is 16.6 Å². The third-order valence-corrected chi connectivity index (χ3v) is 6.01. The van der Waals surface area contributed by atoms with Crippen molar-refractivity contribution >= 4 is 29.3 Å². The highest BCUT2D eigenvalue weighted by Crippen LogP contribution is 2.32. The van der Waals surface area contributed by atoms with Gasteiger partial charge in [0.15, 0.2) is 5.69 Å². The van der Waals surface area contributed by atoms with Crippen molar-refractivity contribution in [1.82, 2.24) is 4.57 Å². The molecule has 0 unspecified atom stereocenters. The third kappa shape index (κ3) is 4.24. The number of hydrogen-bond acceptors (Lipinski definition) is 5. The van der Waals surface area contributed by atoms with Gasteiger partial charge in [0, 0.05) is 16.8 Å². The molecule has 2 heterocycles. The van der Waals surface area contributed by atoms with Crippen molar-refractivity contribution in [3.8, 4) is 17.6 Å². The van der Waals surface area contributed by atoms with Crippen molar-refractivity contribution in [3.05, 3.63) is 122 Å². The second kappa shape index (κ2) is 10.0. The molecule has 1 aromatic heterocycles. The quantitative estimate of drug-likeness (QED) is 0.312. The van der Waals surface area contributed by atoms with Crippen molar-refractivity contribution < 1.29 is 14.7 Å². The lowest BCUT2D eigenvalue weighted by Crippen LogP contribution is -2.42. The van der Waals surface area contributed by atoms with Gasteiger partial charge in [-0.25, -0.2) is 9.74 Å². The summed E-state index contributed by atoms with van der Waals surface area (Å²) >= 11 is 0. The first-order valence-corrected chi connectivity index (χ1v) is 11.1. The molecular formula is C29H19N4O4-. The number of carbonyl (C=O) groups is 2. The summed E-state index contributed by atoms with van der Waals surface area (Å²) in [7, 11) is 0. The molecule has 37 heavy (non-hydrogen) atoms. The van der Waals surface area contributed by atoms with Crippen LogP contribution in [0.1, 0.15) is 18.1 Å². The van der Waals surface area contributed by atoms with Gasteiger partial charge in [0.25, 0.3) is 17.4 Å². The van der Waals surface area contributed by atoms with Gasteiger partial charge in [-0.15, -0.1) is 0 Å². The number of pyridine rings is 1. The number of imide groups is 1. The van der Waals surface area contributed by atoms with Crippen LogP contribution in [0.3, 0.4) is 0 Å². The van der Waals surface area contributed by atoms with E-state index in [-0.39, 0.29) is 33.5 Å². The molecule has 0 atom stereocenters. The van der Waals surface area contributed by atoms with Crippen LogP contribution in [0, 0.1) is 24.8 Å². The maximum Gasteiger partial charge on any atom is 0.276 e. The van der Waals surface area contributed by atoms with Crippen molar-refractivity contribution in [1.29, 1.82) is 5.26 Å². The highest BCUT2D eigenvalue weighted by atomic mass is 16.3. The molecule has 0 saturated heterocycles. The van der Waals surface area contributed by atoms with Crippen LogP contribution < -0.4 is 15.6 Å². The molecule has 0 spiro atoms. The maximum atomic E-state index is 13.3. The molecule has 0 saturated carbocycles. The minimum absolute atomic E-state index is 0.100. The Morgan fingerprint density at radius 3 is 2.11 bits per heavy atom. The fraction of sp³-hybridized carbons (Fsp3) is 0.0690. The minimum Gasteiger partial charge on any atom is -0.868 e. The molecule has 8 heteroatoms. The van der Waals surface area contributed by atoms with E-state index in [1.165, 1.54) is 32.1 Å². The maximum absolute atomic E-state index is 13.3. The number of amides is 2. The van der Waals surface area contributed by atoms with E-state index in [4.69, 9.17) is 6.57 Å². The average Bonchev–Trinajstić information content (AvgIpc) is 2.89. The molecule has 1 aliphatic rings. The number of anilines is 1. The molecule has 0 radical (unpaired) electrons. The van der Waals surface area contributed by atoms with Gasteiger partial charge in [0.05, 0.1) is 12.3 Å². The molecule has 2 amide bonds. The minimum atomic E-state index is -0.716. The van der Waals surface area contributed by atoms with Crippen molar-refractivity contribution in [2.45, 2.75) is 13.8 Å². The van der Waals surface area contributed by atoms with Gasteiger partial charge >= 0.3 is 0 Å². The topological polar surface area (TPSA) is 111 Å². The van der Waals surface area contributed by atoms with E-state index in [0.29, 0.717) is 11.4 Å². The van der Waals surface area contributed by atoms with E-state index in [0.717, 1.165) is 9.47 Å². The van der Waals surface area contributed by atoms with Crippen LogP contribution in [0.15, 0.2) is 94.3 Å². The lowest BCUT2D eigenvalue weighted by molar-refractivity contribution is -0.276. The normalized spacial score (nSPS) is 14.8. The second-order valence-corrected chi connectivity index (χ2v) is 8.11. The predicted octanol–water partition coefficient (Wildman–Crippen LogP) is 4.12. The van der Waals surface area contributed by atoms with E-state index < -0.39 is 23.3 Å². The number of allylic oxidation sites excluding steroid dienone is 2. The van der Waals surface area contributed by atoms with Crippen LogP contribution in [0.4, 0.5) is 11.4 Å². The first-order valence-electron chi connectivity index (χ1n) is 11.1. The summed E-state index contributed by atoms with van der Waals surface area (Å²) in [4.78, 5) is 43.7. The number of hydrogen-bond donors (Lipinski definition) is 0. The smallest absolute Gasteiger partial charge is 0.276 e. The monoisotopic (exact) mass is 487 g/mol. The van der Waals surface area contributed by atoms with Gasteiger partial charge in [0.1, 0.15) is 11.6 Å². The van der Waals surface area contributed by atoms with Gasteiger partial charge in [0.2, 0.25) is 0 Å². The van der Waals surface area contributed by atoms with Crippen LogP contribution in [0.5, 0.6) is 5.88 Å². The van der Waals surface area contributed by atoms with Crippen LogP contribution in [-0.2, 0) is 9.59 Å². The molecule has 4 rings (SSSR count). The van der Waals surface area contributed by atoms with Gasteiger partial charge < -0.3 is 9.67 Å². The summed E-state index contributed by atoms with van der Waals surface area (Å²) in [6, 6.07) is 18.4. The SMILES string of the molecule is [C-]#[N+]c1c(C)c(C=CC=C2C(=O)N(c3ccccc3)C(=O)C(C#N)=C2C)c(=O)n(-c2ccccc2)c1[O-]. The van der Waals surface area contributed by atoms with Gasteiger partial charge in [-0.05, 0) is 61.2 Å². The molecule has 1 aliphatic heterocycles. The van der Waals surface area contributed by atoms with Gasteiger partial charge in [-0.2, -0.15) is 5.26 Å². The third-order valence-electron chi connectivity index (χ3n) is 6.01. The zero-order valence-corrected chi connectivity index (χ0v) is 19.9. The Kier molecular flexibility index (Phi) is 6.68. The predicted molar refractivity (Wildman–Crippen MR) is 137 cm³/mol. The van der Waals surface area contributed by atoms with Crippen molar-refractivity contribution in [3.63, 3.8) is 0 Å². The first kappa shape index (κ1) is 24.6. The lowest BCUT2D eigenvalue weighted by atomic mass is 9.94. The molecule has 8 nitrogen and oxygen atoms in total. The van der Waals surface area contributed by atoms with Gasteiger partial charge in [-0.3, -0.25) is 14.4 Å². The standard InChI is InChI=1S/C29H20N4O4/c1-18-22(26(34)32(28(36)24(18)17-30)20-11-6-4-7-12-20)15-10-16-23-19(2)25(31-3)29(37)33(27(23)35)21-13-8-5-9-14-21/h4-16,37H,1-2H3/p-1. The molecule has 3 aromatic rings. The highest BCUT2D eigenvalue weighted by Gasteiger charge is 2.36. The number of nitrogens with zero attached hydrogens (tertiary/aromatic N) is 4. The average molecular weight is 487 g/mol. The molecule has 0 N–H and O–H groups in total. The van der Waals surface area contributed by atoms with E-state index in [2.05, 4.69) is 4.85 Å². The summed E-state index contributed by atoms with van der Waals surface area (Å²) in [5.74, 6) is -2.05. The molecular weight excluding hydrogens is 468 g/mol. The number of para-hydroxylation sites is 2. The van der Waals surface area contributed by atoms with E-state index >= 15 is 0 Å². The zero-order chi connectivity index (χ0) is 26.7. The van der Waals surface area contributed by atoms with E-state index in [9.17, 15) is 24.8 Å². The van der Waals surface area contributed by atoms with Crippen molar-refractivity contribution in [2.24, 2.45) is 0 Å². The summed E-state index contributed by atoms with van der Waals surface area (Å²) in [5, 5.41) is 22.5. The molecule has 180 valence electrons. The summed E-state index contributed by atoms with van der Waals surface area (Å²) in [6.45, 7) is 10.5. The lowest BCUT2D eigenvalue weighted by Gasteiger charge is -2.27. The van der Waals surface area contributed by atoms with Crippen LogP contribution in [0.2, 0.25) is 0 Å². The van der Waals surface area contributed by atoms with Crippen LogP contribution in [-0.4, -0.2) is 16.4 Å². The van der Waals surface area contributed by atoms with Crippen LogP contribution >= 0.6 is 0 Å². The van der Waals surface area contributed by atoms with E-state index in [1.54, 1.807) is 60.7 Å². The fourth-order valence-electron chi connectivity index (χ4n) is 4.07. The Balaban J connectivity index is 1.85. The zero-order valence-electron chi connectivity index (χ0n) is 19.9. The summed E-state index contributed by atoms with van der Waals surface area (Å²) in [5.41, 5.74) is 0.309. The number of carbonyl (C=O) groups excluding carboxylic acids is 2. The highest BCUT2D eigenvalue weighted by molar-refractivity contribution is 6.31. The molecule has 2 aromatic carbocycles. The fourth-order valence-corrected chi connectivity index (χ4v) is 4.07. The number of rotatable bonds is 4. The summed E-state index contributed by atoms with van der Waals surface area (Å²) < 4.78 is 0.938.